The minimum absolute atomic E-state index is 0. The molecule has 1 heterocycles. The summed E-state index contributed by atoms with van der Waals surface area (Å²) in [6.07, 6.45) is 3.76. The molecule has 26 heavy (non-hydrogen) atoms. The summed E-state index contributed by atoms with van der Waals surface area (Å²) in [7, 11) is 3.99. The molecule has 0 saturated carbocycles. The predicted octanol–water partition coefficient (Wildman–Crippen LogP) is 3.62. The SMILES string of the molecule is CN=C(NCCC1CCN(C)CC1)NCC(C)(C)c1cccc(F)c1.I. The molecule has 1 saturated heterocycles. The van der Waals surface area contributed by atoms with Gasteiger partial charge in [-0.3, -0.25) is 4.99 Å². The van der Waals surface area contributed by atoms with Crippen LogP contribution in [0.1, 0.15) is 38.7 Å². The second-order valence-electron chi connectivity index (χ2n) is 7.78. The Kier molecular flexibility index (Phi) is 9.85. The minimum Gasteiger partial charge on any atom is -0.356 e. The van der Waals surface area contributed by atoms with Crippen LogP contribution in [-0.2, 0) is 5.41 Å². The fraction of sp³-hybridized carbons (Fsp3) is 0.650. The van der Waals surface area contributed by atoms with Gasteiger partial charge in [-0.25, -0.2) is 4.39 Å². The normalized spacial score (nSPS) is 16.9. The molecule has 6 heteroatoms. The summed E-state index contributed by atoms with van der Waals surface area (Å²) in [5, 5.41) is 6.80. The average molecular weight is 476 g/mol. The number of aliphatic imine (C=N–C) groups is 1. The lowest BCUT2D eigenvalue weighted by Crippen LogP contribution is -2.44. The van der Waals surface area contributed by atoms with Crippen LogP contribution >= 0.6 is 24.0 Å². The number of likely N-dealkylation sites (tertiary alicyclic amines) is 1. The van der Waals surface area contributed by atoms with Crippen molar-refractivity contribution >= 4 is 29.9 Å². The molecule has 0 atom stereocenters. The van der Waals surface area contributed by atoms with Gasteiger partial charge in [0.15, 0.2) is 5.96 Å². The van der Waals surface area contributed by atoms with Gasteiger partial charge in [0.25, 0.3) is 0 Å². The molecule has 0 bridgehead atoms. The van der Waals surface area contributed by atoms with Crippen LogP contribution in [0.3, 0.4) is 0 Å². The molecule has 4 nitrogen and oxygen atoms in total. The van der Waals surface area contributed by atoms with Crippen molar-refractivity contribution in [3.05, 3.63) is 35.6 Å². The highest BCUT2D eigenvalue weighted by Crippen LogP contribution is 2.23. The monoisotopic (exact) mass is 476 g/mol. The summed E-state index contributed by atoms with van der Waals surface area (Å²) in [5.74, 6) is 1.44. The van der Waals surface area contributed by atoms with Crippen molar-refractivity contribution in [2.45, 2.75) is 38.5 Å². The third-order valence-electron chi connectivity index (χ3n) is 5.21. The van der Waals surface area contributed by atoms with E-state index in [0.29, 0.717) is 6.54 Å². The quantitative estimate of drug-likeness (QED) is 0.375. The van der Waals surface area contributed by atoms with Gasteiger partial charge in [0, 0.05) is 25.6 Å². The van der Waals surface area contributed by atoms with E-state index < -0.39 is 0 Å². The zero-order valence-corrected chi connectivity index (χ0v) is 18.8. The van der Waals surface area contributed by atoms with Crippen molar-refractivity contribution in [3.63, 3.8) is 0 Å². The molecular formula is C20H34FIN4. The van der Waals surface area contributed by atoms with E-state index in [1.54, 1.807) is 19.2 Å². The van der Waals surface area contributed by atoms with E-state index in [4.69, 9.17) is 0 Å². The predicted molar refractivity (Wildman–Crippen MR) is 119 cm³/mol. The smallest absolute Gasteiger partial charge is 0.191 e. The number of nitrogens with zero attached hydrogens (tertiary/aromatic N) is 2. The van der Waals surface area contributed by atoms with Gasteiger partial charge in [-0.1, -0.05) is 26.0 Å². The maximum atomic E-state index is 13.5. The first kappa shape index (κ1) is 23.1. The van der Waals surface area contributed by atoms with Gasteiger partial charge in [0.05, 0.1) is 0 Å². The van der Waals surface area contributed by atoms with Crippen molar-refractivity contribution in [3.8, 4) is 0 Å². The summed E-state index contributed by atoms with van der Waals surface area (Å²) in [5.41, 5.74) is 0.815. The van der Waals surface area contributed by atoms with Gasteiger partial charge in [0.2, 0.25) is 0 Å². The molecule has 1 aliphatic rings. The summed E-state index contributed by atoms with van der Waals surface area (Å²) < 4.78 is 13.5. The first-order valence-corrected chi connectivity index (χ1v) is 9.30. The topological polar surface area (TPSA) is 39.7 Å². The highest BCUT2D eigenvalue weighted by Gasteiger charge is 2.21. The van der Waals surface area contributed by atoms with Crippen LogP contribution in [0.5, 0.6) is 0 Å². The lowest BCUT2D eigenvalue weighted by atomic mass is 9.84. The lowest BCUT2D eigenvalue weighted by Gasteiger charge is -2.29. The summed E-state index contributed by atoms with van der Waals surface area (Å²) in [6, 6.07) is 6.83. The van der Waals surface area contributed by atoms with Crippen LogP contribution in [0, 0.1) is 11.7 Å². The molecule has 1 aromatic rings. The zero-order valence-electron chi connectivity index (χ0n) is 16.5. The number of rotatable bonds is 6. The molecule has 0 spiro atoms. The van der Waals surface area contributed by atoms with Crippen LogP contribution in [0.15, 0.2) is 29.3 Å². The Balaban J connectivity index is 0.00000338. The molecule has 1 aliphatic heterocycles. The second-order valence-corrected chi connectivity index (χ2v) is 7.78. The fourth-order valence-electron chi connectivity index (χ4n) is 3.28. The molecule has 2 N–H and O–H groups in total. The Labute approximate surface area is 175 Å². The molecule has 1 aromatic carbocycles. The van der Waals surface area contributed by atoms with Crippen molar-refractivity contribution in [1.82, 2.24) is 15.5 Å². The molecule has 1 fully saturated rings. The standard InChI is InChI=1S/C20H33FN4.HI/c1-20(2,17-6-5-7-18(21)14-17)15-24-19(22-3)23-11-8-16-9-12-25(4)13-10-16;/h5-7,14,16H,8-13,15H2,1-4H3,(H2,22,23,24);1H. The number of benzene rings is 1. The van der Waals surface area contributed by atoms with Crippen molar-refractivity contribution in [2.75, 3.05) is 40.3 Å². The van der Waals surface area contributed by atoms with E-state index in [9.17, 15) is 4.39 Å². The van der Waals surface area contributed by atoms with E-state index in [0.717, 1.165) is 24.0 Å². The first-order valence-electron chi connectivity index (χ1n) is 9.30. The third-order valence-corrected chi connectivity index (χ3v) is 5.21. The summed E-state index contributed by atoms with van der Waals surface area (Å²) >= 11 is 0. The maximum absolute atomic E-state index is 13.5. The lowest BCUT2D eigenvalue weighted by molar-refractivity contribution is 0.213. The van der Waals surface area contributed by atoms with Gasteiger partial charge >= 0.3 is 0 Å². The molecule has 0 amide bonds. The maximum Gasteiger partial charge on any atom is 0.191 e. The van der Waals surface area contributed by atoms with Gasteiger partial charge in [-0.15, -0.1) is 24.0 Å². The number of piperidine rings is 1. The number of guanidine groups is 1. The molecule has 0 radical (unpaired) electrons. The van der Waals surface area contributed by atoms with E-state index in [2.05, 4.69) is 41.4 Å². The van der Waals surface area contributed by atoms with Gasteiger partial charge < -0.3 is 15.5 Å². The Morgan fingerprint density at radius 2 is 1.96 bits per heavy atom. The van der Waals surface area contributed by atoms with Crippen molar-refractivity contribution in [1.29, 1.82) is 0 Å². The van der Waals surface area contributed by atoms with E-state index >= 15 is 0 Å². The number of hydrogen-bond donors (Lipinski definition) is 2. The van der Waals surface area contributed by atoms with E-state index in [1.807, 2.05) is 6.07 Å². The Hall–Kier alpha value is -0.890. The second kappa shape index (κ2) is 11.1. The molecule has 148 valence electrons. The third kappa shape index (κ3) is 7.39. The van der Waals surface area contributed by atoms with Gasteiger partial charge in [-0.2, -0.15) is 0 Å². The van der Waals surface area contributed by atoms with Crippen LogP contribution in [0.25, 0.3) is 0 Å². The molecule has 0 aliphatic carbocycles. The highest BCUT2D eigenvalue weighted by molar-refractivity contribution is 14.0. The molecule has 0 aromatic heterocycles. The van der Waals surface area contributed by atoms with E-state index in [1.165, 1.54) is 38.4 Å². The fourth-order valence-corrected chi connectivity index (χ4v) is 3.28. The number of hydrogen-bond acceptors (Lipinski definition) is 2. The Morgan fingerprint density at radius 3 is 2.58 bits per heavy atom. The van der Waals surface area contributed by atoms with Crippen LogP contribution in [0.4, 0.5) is 4.39 Å². The van der Waals surface area contributed by atoms with Crippen LogP contribution in [-0.4, -0.2) is 51.1 Å². The average Bonchev–Trinajstić information content (AvgIpc) is 2.59. The number of halogens is 2. The largest absolute Gasteiger partial charge is 0.356 e. The van der Waals surface area contributed by atoms with Crippen LogP contribution in [0.2, 0.25) is 0 Å². The molecular weight excluding hydrogens is 442 g/mol. The van der Waals surface area contributed by atoms with Crippen LogP contribution < -0.4 is 10.6 Å². The summed E-state index contributed by atoms with van der Waals surface area (Å²) in [6.45, 7) is 8.28. The Morgan fingerprint density at radius 1 is 1.27 bits per heavy atom. The minimum atomic E-state index is -0.189. The van der Waals surface area contributed by atoms with Gasteiger partial charge in [-0.05, 0) is 63.0 Å². The number of nitrogens with one attached hydrogen (secondary N) is 2. The van der Waals surface area contributed by atoms with Crippen molar-refractivity contribution in [2.24, 2.45) is 10.9 Å². The van der Waals surface area contributed by atoms with Crippen molar-refractivity contribution < 1.29 is 4.39 Å². The van der Waals surface area contributed by atoms with Gasteiger partial charge in [0.1, 0.15) is 5.82 Å². The first-order chi connectivity index (χ1) is 11.9. The zero-order chi connectivity index (χ0) is 18.3. The van der Waals surface area contributed by atoms with E-state index in [-0.39, 0.29) is 35.2 Å². The Bertz CT molecular complexity index is 569. The highest BCUT2D eigenvalue weighted by atomic mass is 127. The summed E-state index contributed by atoms with van der Waals surface area (Å²) in [4.78, 5) is 6.71. The molecule has 0 unspecified atom stereocenters. The molecule has 2 rings (SSSR count).